The lowest BCUT2D eigenvalue weighted by molar-refractivity contribution is 0.338. The number of ether oxygens (including phenoxy) is 1. The van der Waals surface area contributed by atoms with E-state index in [1.807, 2.05) is 6.92 Å². The number of methoxy groups -OCH3 is 1. The van der Waals surface area contributed by atoms with E-state index in [-0.39, 0.29) is 10.9 Å². The molecule has 1 fully saturated rings. The van der Waals surface area contributed by atoms with Crippen molar-refractivity contribution in [1.29, 1.82) is 0 Å². The predicted octanol–water partition coefficient (Wildman–Crippen LogP) is 2.23. The number of anilines is 1. The highest BCUT2D eigenvalue weighted by molar-refractivity contribution is 7.89. The molecule has 1 aromatic carbocycles. The second kappa shape index (κ2) is 6.01. The summed E-state index contributed by atoms with van der Waals surface area (Å²) in [4.78, 5) is 0.161. The molecule has 1 heterocycles. The molecule has 6 heteroatoms. The van der Waals surface area contributed by atoms with Gasteiger partial charge in [0, 0.05) is 18.3 Å². The Morgan fingerprint density at radius 2 is 2.05 bits per heavy atom. The Morgan fingerprint density at radius 3 is 2.75 bits per heavy atom. The van der Waals surface area contributed by atoms with Crippen molar-refractivity contribution in [3.63, 3.8) is 0 Å². The van der Waals surface area contributed by atoms with E-state index in [1.165, 1.54) is 13.2 Å². The second-order valence-corrected chi connectivity index (χ2v) is 7.08. The lowest BCUT2D eigenvalue weighted by atomic mass is 10.1. The van der Waals surface area contributed by atoms with Crippen LogP contribution in [0.4, 0.5) is 5.69 Å². The minimum Gasteiger partial charge on any atom is -0.495 e. The smallest absolute Gasteiger partial charge is 0.247 e. The average Bonchev–Trinajstić information content (AvgIpc) is 2.63. The zero-order valence-electron chi connectivity index (χ0n) is 12.0. The van der Waals surface area contributed by atoms with Crippen LogP contribution in [0.2, 0.25) is 0 Å². The molecule has 0 bridgehead atoms. The first-order chi connectivity index (χ1) is 9.46. The zero-order valence-corrected chi connectivity index (χ0v) is 12.8. The van der Waals surface area contributed by atoms with E-state index in [1.54, 1.807) is 16.4 Å². The summed E-state index contributed by atoms with van der Waals surface area (Å²) in [7, 11) is -2.10. The number of rotatable bonds is 3. The molecule has 0 radical (unpaired) electrons. The van der Waals surface area contributed by atoms with Crippen LogP contribution in [-0.4, -0.2) is 32.4 Å². The molecule has 1 saturated heterocycles. The molecule has 20 heavy (non-hydrogen) atoms. The number of sulfonamides is 1. The molecule has 0 saturated carbocycles. The molecule has 2 rings (SSSR count). The Morgan fingerprint density at radius 1 is 1.30 bits per heavy atom. The van der Waals surface area contributed by atoms with Crippen molar-refractivity contribution in [2.24, 2.45) is 0 Å². The average molecular weight is 298 g/mol. The van der Waals surface area contributed by atoms with Gasteiger partial charge in [0.2, 0.25) is 10.0 Å². The molecule has 1 aliphatic rings. The third kappa shape index (κ3) is 2.91. The van der Waals surface area contributed by atoms with Crippen LogP contribution < -0.4 is 10.5 Å². The summed E-state index contributed by atoms with van der Waals surface area (Å²) < 4.78 is 32.5. The van der Waals surface area contributed by atoms with Gasteiger partial charge in [0.05, 0.1) is 7.11 Å². The first kappa shape index (κ1) is 15.1. The summed E-state index contributed by atoms with van der Waals surface area (Å²) in [6.45, 7) is 2.52. The normalized spacial score (nSPS) is 21.4. The van der Waals surface area contributed by atoms with Crippen molar-refractivity contribution in [3.8, 4) is 5.75 Å². The van der Waals surface area contributed by atoms with E-state index in [4.69, 9.17) is 10.5 Å². The number of nitrogens with zero attached hydrogens (tertiary/aromatic N) is 1. The van der Waals surface area contributed by atoms with Gasteiger partial charge in [-0.05, 0) is 38.0 Å². The zero-order chi connectivity index (χ0) is 14.8. The Hall–Kier alpha value is -1.27. The summed E-state index contributed by atoms with van der Waals surface area (Å²) >= 11 is 0. The van der Waals surface area contributed by atoms with Crippen LogP contribution in [0.25, 0.3) is 0 Å². The number of benzene rings is 1. The first-order valence-corrected chi connectivity index (χ1v) is 8.36. The van der Waals surface area contributed by atoms with Crippen molar-refractivity contribution in [1.82, 2.24) is 4.31 Å². The van der Waals surface area contributed by atoms with Crippen LogP contribution in [0.1, 0.15) is 32.6 Å². The van der Waals surface area contributed by atoms with Crippen molar-refractivity contribution in [3.05, 3.63) is 18.2 Å². The Kier molecular flexibility index (Phi) is 4.55. The topological polar surface area (TPSA) is 72.6 Å². The van der Waals surface area contributed by atoms with Gasteiger partial charge < -0.3 is 10.5 Å². The van der Waals surface area contributed by atoms with Crippen LogP contribution in [0.5, 0.6) is 5.75 Å². The van der Waals surface area contributed by atoms with Crippen molar-refractivity contribution >= 4 is 15.7 Å². The van der Waals surface area contributed by atoms with Crippen molar-refractivity contribution < 1.29 is 13.2 Å². The quantitative estimate of drug-likeness (QED) is 0.869. The van der Waals surface area contributed by atoms with Gasteiger partial charge in [-0.1, -0.05) is 12.8 Å². The Bertz CT molecular complexity index is 572. The highest BCUT2D eigenvalue weighted by Crippen LogP contribution is 2.31. The fourth-order valence-electron chi connectivity index (χ4n) is 2.63. The van der Waals surface area contributed by atoms with Crippen molar-refractivity contribution in [2.45, 2.75) is 43.5 Å². The molecule has 1 aromatic rings. The summed E-state index contributed by atoms with van der Waals surface area (Å²) in [5, 5.41) is 0. The maximum atomic E-state index is 12.9. The molecule has 1 aliphatic heterocycles. The van der Waals surface area contributed by atoms with Gasteiger partial charge in [0.25, 0.3) is 0 Å². The molecule has 0 spiro atoms. The highest BCUT2D eigenvalue weighted by Gasteiger charge is 2.32. The van der Waals surface area contributed by atoms with Gasteiger partial charge in [-0.3, -0.25) is 0 Å². The third-order valence-electron chi connectivity index (χ3n) is 3.77. The standard InChI is InChI=1S/C14H22N2O3S/c1-11-6-4-3-5-9-16(11)20(17,18)14-10-12(15)7-8-13(14)19-2/h7-8,10-11H,3-6,9,15H2,1-2H3. The number of hydrogen-bond donors (Lipinski definition) is 1. The maximum absolute atomic E-state index is 12.9. The van der Waals surface area contributed by atoms with Crippen LogP contribution >= 0.6 is 0 Å². The van der Waals surface area contributed by atoms with E-state index < -0.39 is 10.0 Å². The van der Waals surface area contributed by atoms with Gasteiger partial charge in [-0.2, -0.15) is 4.31 Å². The van der Waals surface area contributed by atoms with Gasteiger partial charge in [-0.15, -0.1) is 0 Å². The molecule has 0 aromatic heterocycles. The lowest BCUT2D eigenvalue weighted by Gasteiger charge is -2.27. The third-order valence-corrected chi connectivity index (χ3v) is 5.80. The molecule has 0 amide bonds. The minimum absolute atomic E-state index is 0.00800. The van der Waals surface area contributed by atoms with E-state index in [0.717, 1.165) is 25.7 Å². The van der Waals surface area contributed by atoms with Crippen LogP contribution in [0.15, 0.2) is 23.1 Å². The van der Waals surface area contributed by atoms with Crippen LogP contribution in [0, 0.1) is 0 Å². The fourth-order valence-corrected chi connectivity index (χ4v) is 4.52. The van der Waals surface area contributed by atoms with Crippen molar-refractivity contribution in [2.75, 3.05) is 19.4 Å². The van der Waals surface area contributed by atoms with Crippen LogP contribution in [-0.2, 0) is 10.0 Å². The second-order valence-electron chi connectivity index (χ2n) is 5.22. The molecule has 112 valence electrons. The lowest BCUT2D eigenvalue weighted by Crippen LogP contribution is -2.38. The fraction of sp³-hybridized carbons (Fsp3) is 0.571. The predicted molar refractivity (Wildman–Crippen MR) is 79.2 cm³/mol. The molecular formula is C14H22N2O3S. The van der Waals surface area contributed by atoms with E-state index in [2.05, 4.69) is 0 Å². The SMILES string of the molecule is COc1ccc(N)cc1S(=O)(=O)N1CCCCCC1C. The number of nitrogen functional groups attached to an aromatic ring is 1. The largest absolute Gasteiger partial charge is 0.495 e. The molecular weight excluding hydrogens is 276 g/mol. The minimum atomic E-state index is -3.57. The van der Waals surface area contributed by atoms with Gasteiger partial charge >= 0.3 is 0 Å². The summed E-state index contributed by atoms with van der Waals surface area (Å²) in [6.07, 6.45) is 3.93. The van der Waals surface area contributed by atoms with E-state index in [9.17, 15) is 8.42 Å². The summed E-state index contributed by atoms with van der Waals surface area (Å²) in [5.41, 5.74) is 6.16. The summed E-state index contributed by atoms with van der Waals surface area (Å²) in [6, 6.07) is 4.73. The first-order valence-electron chi connectivity index (χ1n) is 6.92. The maximum Gasteiger partial charge on any atom is 0.247 e. The number of hydrogen-bond acceptors (Lipinski definition) is 4. The molecule has 2 N–H and O–H groups in total. The van der Waals surface area contributed by atoms with Gasteiger partial charge in [-0.25, -0.2) is 8.42 Å². The van der Waals surface area contributed by atoms with Gasteiger partial charge in [0.15, 0.2) is 0 Å². The molecule has 1 unspecified atom stereocenters. The monoisotopic (exact) mass is 298 g/mol. The van der Waals surface area contributed by atoms with Gasteiger partial charge in [0.1, 0.15) is 10.6 Å². The van der Waals surface area contributed by atoms with E-state index in [0.29, 0.717) is 18.0 Å². The number of nitrogens with two attached hydrogens (primary N) is 1. The Balaban J connectivity index is 2.45. The Labute approximate surface area is 120 Å². The summed E-state index contributed by atoms with van der Waals surface area (Å²) in [5.74, 6) is 0.343. The molecule has 5 nitrogen and oxygen atoms in total. The molecule has 0 aliphatic carbocycles. The van der Waals surface area contributed by atoms with Crippen LogP contribution in [0.3, 0.4) is 0 Å². The molecule has 1 atom stereocenters. The highest BCUT2D eigenvalue weighted by atomic mass is 32.2. The van der Waals surface area contributed by atoms with E-state index >= 15 is 0 Å².